The fourth-order valence-corrected chi connectivity index (χ4v) is 3.22. The SMILES string of the molecule is CN(Cc1cccnc1)c1ccc(N=Cc2c(O)[nH]c3cccc(F)c23)cc1F. The van der Waals surface area contributed by atoms with Gasteiger partial charge in [0.25, 0.3) is 0 Å². The van der Waals surface area contributed by atoms with Crippen molar-refractivity contribution in [1.82, 2.24) is 9.97 Å². The van der Waals surface area contributed by atoms with Crippen LogP contribution < -0.4 is 4.90 Å². The second-order valence-corrected chi connectivity index (χ2v) is 6.66. The molecule has 2 heterocycles. The molecule has 146 valence electrons. The number of nitrogens with one attached hydrogen (secondary N) is 1. The number of nitrogens with zero attached hydrogens (tertiary/aromatic N) is 3. The molecular formula is C22H18F2N4O. The fourth-order valence-electron chi connectivity index (χ4n) is 3.22. The molecule has 2 N–H and O–H groups in total. The maximum absolute atomic E-state index is 14.6. The smallest absolute Gasteiger partial charge is 0.198 e. The Morgan fingerprint density at radius 3 is 2.76 bits per heavy atom. The molecule has 5 nitrogen and oxygen atoms in total. The minimum atomic E-state index is -0.473. The molecule has 0 spiro atoms. The minimum Gasteiger partial charge on any atom is -0.494 e. The van der Waals surface area contributed by atoms with Crippen LogP contribution in [0.5, 0.6) is 5.88 Å². The van der Waals surface area contributed by atoms with Crippen LogP contribution in [0, 0.1) is 11.6 Å². The Bertz CT molecular complexity index is 1190. The van der Waals surface area contributed by atoms with E-state index in [4.69, 9.17) is 0 Å². The number of fused-ring (bicyclic) bond motifs is 1. The molecule has 2 aromatic heterocycles. The maximum atomic E-state index is 14.6. The van der Waals surface area contributed by atoms with Gasteiger partial charge in [0, 0.05) is 43.7 Å². The molecule has 0 saturated heterocycles. The Hall–Kier alpha value is -3.74. The highest BCUT2D eigenvalue weighted by Gasteiger charge is 2.13. The zero-order chi connectivity index (χ0) is 20.4. The van der Waals surface area contributed by atoms with Crippen molar-refractivity contribution in [1.29, 1.82) is 0 Å². The van der Waals surface area contributed by atoms with Gasteiger partial charge in [0.1, 0.15) is 11.6 Å². The molecule has 4 rings (SSSR count). The van der Waals surface area contributed by atoms with E-state index in [0.717, 1.165) is 5.56 Å². The van der Waals surface area contributed by atoms with Crippen LogP contribution in [-0.2, 0) is 6.54 Å². The molecule has 2 aromatic carbocycles. The highest BCUT2D eigenvalue weighted by atomic mass is 19.1. The molecule has 0 saturated carbocycles. The van der Waals surface area contributed by atoms with Crippen LogP contribution >= 0.6 is 0 Å². The van der Waals surface area contributed by atoms with Crippen LogP contribution in [-0.4, -0.2) is 28.3 Å². The Morgan fingerprint density at radius 2 is 2.00 bits per heavy atom. The van der Waals surface area contributed by atoms with Crippen molar-refractivity contribution in [3.63, 3.8) is 0 Å². The average Bonchev–Trinajstić information content (AvgIpc) is 3.03. The van der Waals surface area contributed by atoms with Gasteiger partial charge < -0.3 is 15.0 Å². The van der Waals surface area contributed by atoms with Crippen molar-refractivity contribution in [2.24, 2.45) is 4.99 Å². The number of rotatable bonds is 5. The van der Waals surface area contributed by atoms with E-state index in [-0.39, 0.29) is 16.8 Å². The van der Waals surface area contributed by atoms with Gasteiger partial charge in [-0.1, -0.05) is 12.1 Å². The quantitative estimate of drug-likeness (QED) is 0.473. The summed E-state index contributed by atoms with van der Waals surface area (Å²) in [4.78, 5) is 12.7. The third-order valence-electron chi connectivity index (χ3n) is 4.62. The van der Waals surface area contributed by atoms with Crippen LogP contribution in [0.15, 0.2) is 65.9 Å². The number of benzene rings is 2. The number of aromatic nitrogens is 2. The van der Waals surface area contributed by atoms with Crippen LogP contribution in [0.25, 0.3) is 10.9 Å². The van der Waals surface area contributed by atoms with Gasteiger partial charge in [0.05, 0.1) is 22.5 Å². The number of hydrogen-bond donors (Lipinski definition) is 2. The van der Waals surface area contributed by atoms with Crippen molar-refractivity contribution >= 4 is 28.5 Å². The lowest BCUT2D eigenvalue weighted by atomic mass is 10.1. The molecule has 0 bridgehead atoms. The number of anilines is 1. The van der Waals surface area contributed by atoms with Gasteiger partial charge in [0.15, 0.2) is 5.88 Å². The summed E-state index contributed by atoms with van der Waals surface area (Å²) in [5.74, 6) is -1.10. The molecule has 0 amide bonds. The zero-order valence-electron chi connectivity index (χ0n) is 15.6. The minimum absolute atomic E-state index is 0.192. The van der Waals surface area contributed by atoms with Crippen molar-refractivity contribution in [3.05, 3.63) is 83.7 Å². The molecular weight excluding hydrogens is 374 g/mol. The summed E-state index contributed by atoms with van der Waals surface area (Å²) in [6.07, 6.45) is 4.75. The summed E-state index contributed by atoms with van der Waals surface area (Å²) < 4.78 is 28.7. The number of aromatic hydroxyl groups is 1. The lowest BCUT2D eigenvalue weighted by molar-refractivity contribution is 0.457. The van der Waals surface area contributed by atoms with Crippen LogP contribution in [0.1, 0.15) is 11.1 Å². The van der Waals surface area contributed by atoms with Crippen LogP contribution in [0.4, 0.5) is 20.2 Å². The fraction of sp³-hybridized carbons (Fsp3) is 0.0909. The molecule has 0 unspecified atom stereocenters. The van der Waals surface area contributed by atoms with E-state index < -0.39 is 11.6 Å². The van der Waals surface area contributed by atoms with Crippen molar-refractivity contribution in [2.75, 3.05) is 11.9 Å². The van der Waals surface area contributed by atoms with Crippen LogP contribution in [0.2, 0.25) is 0 Å². The Morgan fingerprint density at radius 1 is 1.14 bits per heavy atom. The third kappa shape index (κ3) is 3.80. The van der Waals surface area contributed by atoms with Gasteiger partial charge in [-0.05, 0) is 35.9 Å². The van der Waals surface area contributed by atoms with Crippen molar-refractivity contribution in [3.8, 4) is 5.88 Å². The third-order valence-corrected chi connectivity index (χ3v) is 4.62. The molecule has 7 heteroatoms. The second-order valence-electron chi connectivity index (χ2n) is 6.66. The summed E-state index contributed by atoms with van der Waals surface area (Å²) in [5.41, 5.74) is 2.42. The number of pyridine rings is 1. The Balaban J connectivity index is 1.58. The van der Waals surface area contributed by atoms with E-state index in [9.17, 15) is 13.9 Å². The largest absolute Gasteiger partial charge is 0.494 e. The summed E-state index contributed by atoms with van der Waals surface area (Å²) in [6, 6.07) is 12.9. The summed E-state index contributed by atoms with van der Waals surface area (Å²) in [7, 11) is 1.79. The zero-order valence-corrected chi connectivity index (χ0v) is 15.6. The number of hydrogen-bond acceptors (Lipinski definition) is 4. The molecule has 0 fully saturated rings. The number of aromatic amines is 1. The van der Waals surface area contributed by atoms with Gasteiger partial charge in [-0.2, -0.15) is 0 Å². The summed E-state index contributed by atoms with van der Waals surface area (Å²) in [5, 5.41) is 10.3. The van der Waals surface area contributed by atoms with Gasteiger partial charge >= 0.3 is 0 Å². The van der Waals surface area contributed by atoms with Gasteiger partial charge in [-0.15, -0.1) is 0 Å². The lowest BCUT2D eigenvalue weighted by Crippen LogP contribution is -2.17. The first-order valence-corrected chi connectivity index (χ1v) is 8.96. The van der Waals surface area contributed by atoms with Crippen molar-refractivity contribution in [2.45, 2.75) is 6.54 Å². The molecule has 0 aliphatic rings. The highest BCUT2D eigenvalue weighted by molar-refractivity contribution is 6.02. The lowest BCUT2D eigenvalue weighted by Gasteiger charge is -2.20. The molecule has 0 atom stereocenters. The van der Waals surface area contributed by atoms with Gasteiger partial charge in [-0.25, -0.2) is 8.78 Å². The normalized spacial score (nSPS) is 11.4. The van der Waals surface area contributed by atoms with Crippen molar-refractivity contribution < 1.29 is 13.9 Å². The summed E-state index contributed by atoms with van der Waals surface area (Å²) >= 11 is 0. The standard InChI is InChI=1S/C22H18F2N4O/c1-28(13-14-4-3-9-25-11-14)20-8-7-15(10-18(20)24)26-12-16-21-17(23)5-2-6-19(21)27-22(16)29/h2-12,27,29H,13H2,1H3. The average molecular weight is 392 g/mol. The van der Waals surface area contributed by atoms with E-state index >= 15 is 0 Å². The number of halogens is 2. The highest BCUT2D eigenvalue weighted by Crippen LogP contribution is 2.29. The molecule has 0 aliphatic carbocycles. The molecule has 0 aliphatic heterocycles. The van der Waals surface area contributed by atoms with E-state index in [0.29, 0.717) is 23.4 Å². The van der Waals surface area contributed by atoms with E-state index in [2.05, 4.69) is 15.0 Å². The first-order chi connectivity index (χ1) is 14.0. The van der Waals surface area contributed by atoms with Gasteiger partial charge in [-0.3, -0.25) is 9.98 Å². The molecule has 29 heavy (non-hydrogen) atoms. The van der Waals surface area contributed by atoms with E-state index in [1.54, 1.807) is 48.6 Å². The van der Waals surface area contributed by atoms with E-state index in [1.165, 1.54) is 18.3 Å². The molecule has 0 radical (unpaired) electrons. The second kappa shape index (κ2) is 7.71. The number of H-pyrrole nitrogens is 1. The first-order valence-electron chi connectivity index (χ1n) is 8.96. The predicted octanol–water partition coefficient (Wildman–Crippen LogP) is 4.93. The number of aliphatic imine (C=N–C) groups is 1. The van der Waals surface area contributed by atoms with Gasteiger partial charge in [0.2, 0.25) is 0 Å². The topological polar surface area (TPSA) is 64.5 Å². The maximum Gasteiger partial charge on any atom is 0.198 e. The van der Waals surface area contributed by atoms with E-state index in [1.807, 2.05) is 12.1 Å². The van der Waals surface area contributed by atoms with Crippen LogP contribution in [0.3, 0.4) is 0 Å². The predicted molar refractivity (Wildman–Crippen MR) is 110 cm³/mol. The monoisotopic (exact) mass is 392 g/mol. The molecule has 4 aromatic rings. The first kappa shape index (κ1) is 18.6. The Labute approximate surface area is 166 Å². The Kier molecular flexibility index (Phi) is 4.95. The summed E-state index contributed by atoms with van der Waals surface area (Å²) in [6.45, 7) is 0.510.